The number of benzene rings is 2. The van der Waals surface area contributed by atoms with Crippen LogP contribution in [0.2, 0.25) is 0 Å². The highest BCUT2D eigenvalue weighted by Crippen LogP contribution is 2.27. The molecule has 0 unspecified atom stereocenters. The van der Waals surface area contributed by atoms with Crippen LogP contribution in [-0.4, -0.2) is 70.5 Å². The zero-order valence-electron chi connectivity index (χ0n) is 22.0. The molecular weight excluding hydrogens is 487 g/mol. The van der Waals surface area contributed by atoms with E-state index in [2.05, 4.69) is 9.97 Å². The van der Waals surface area contributed by atoms with Crippen LogP contribution >= 0.6 is 0 Å². The van der Waals surface area contributed by atoms with Gasteiger partial charge in [0.05, 0.1) is 25.1 Å². The lowest BCUT2D eigenvalue weighted by Crippen LogP contribution is -2.58. The monoisotopic (exact) mass is 520 g/mol. The van der Waals surface area contributed by atoms with Gasteiger partial charge < -0.3 is 19.3 Å². The van der Waals surface area contributed by atoms with Gasteiger partial charge in [-0.25, -0.2) is 14.4 Å². The Kier molecular flexibility index (Phi) is 8.68. The number of carbonyl (C=O) groups is 2. The lowest BCUT2D eigenvalue weighted by Gasteiger charge is -2.42. The summed E-state index contributed by atoms with van der Waals surface area (Å²) in [5, 5.41) is 0. The molecule has 1 aliphatic rings. The maximum Gasteiger partial charge on any atom is 0.257 e. The van der Waals surface area contributed by atoms with Crippen molar-refractivity contribution < 1.29 is 23.5 Å². The molecule has 0 N–H and O–H groups in total. The average Bonchev–Trinajstić information content (AvgIpc) is 2.93. The molecular formula is C29H33FN4O4. The summed E-state index contributed by atoms with van der Waals surface area (Å²) in [5.41, 5.74) is 0.284. The van der Waals surface area contributed by atoms with Gasteiger partial charge in [-0.05, 0) is 29.8 Å². The third kappa shape index (κ3) is 6.92. The van der Waals surface area contributed by atoms with Crippen molar-refractivity contribution in [3.05, 3.63) is 89.8 Å². The molecule has 1 aromatic heterocycles. The summed E-state index contributed by atoms with van der Waals surface area (Å²) in [7, 11) is 1.74. The first-order valence-electron chi connectivity index (χ1n) is 12.7. The van der Waals surface area contributed by atoms with Crippen molar-refractivity contribution in [2.45, 2.75) is 38.3 Å². The van der Waals surface area contributed by atoms with Crippen molar-refractivity contribution in [2.75, 3.05) is 33.4 Å². The van der Waals surface area contributed by atoms with Crippen LogP contribution in [0, 0.1) is 5.82 Å². The first kappa shape index (κ1) is 27.2. The molecule has 2 heterocycles. The van der Waals surface area contributed by atoms with Gasteiger partial charge in [0.1, 0.15) is 29.6 Å². The van der Waals surface area contributed by atoms with Crippen LogP contribution in [0.3, 0.4) is 0 Å². The maximum atomic E-state index is 13.4. The number of aromatic nitrogens is 2. The highest BCUT2D eigenvalue weighted by Gasteiger charge is 2.42. The second-order valence-electron chi connectivity index (χ2n) is 9.90. The second-order valence-corrected chi connectivity index (χ2v) is 9.90. The van der Waals surface area contributed by atoms with Gasteiger partial charge in [-0.2, -0.15) is 0 Å². The maximum absolute atomic E-state index is 13.4. The Balaban J connectivity index is 1.52. The number of amides is 2. The fourth-order valence-corrected chi connectivity index (χ4v) is 4.29. The lowest BCUT2D eigenvalue weighted by atomic mass is 9.96. The van der Waals surface area contributed by atoms with Crippen LogP contribution < -0.4 is 4.74 Å². The summed E-state index contributed by atoms with van der Waals surface area (Å²) < 4.78 is 25.5. The third-order valence-corrected chi connectivity index (χ3v) is 6.45. The zero-order valence-corrected chi connectivity index (χ0v) is 22.0. The quantitative estimate of drug-likeness (QED) is 0.423. The van der Waals surface area contributed by atoms with E-state index in [1.165, 1.54) is 36.7 Å². The predicted octanol–water partition coefficient (Wildman–Crippen LogP) is 4.08. The Labute approximate surface area is 222 Å². The second kappa shape index (κ2) is 12.1. The topological polar surface area (TPSA) is 84.9 Å². The van der Waals surface area contributed by atoms with Gasteiger partial charge in [0, 0.05) is 38.4 Å². The Hall–Kier alpha value is -3.85. The summed E-state index contributed by atoms with van der Waals surface area (Å²) in [6.07, 6.45) is 3.08. The van der Waals surface area contributed by atoms with E-state index in [9.17, 15) is 14.0 Å². The van der Waals surface area contributed by atoms with Crippen LogP contribution in [-0.2, 0) is 16.1 Å². The van der Waals surface area contributed by atoms with E-state index in [-0.39, 0.29) is 49.7 Å². The van der Waals surface area contributed by atoms with Crippen LogP contribution in [0.1, 0.15) is 47.9 Å². The van der Waals surface area contributed by atoms with Crippen LogP contribution in [0.4, 0.5) is 4.39 Å². The molecule has 0 bridgehead atoms. The van der Waals surface area contributed by atoms with Gasteiger partial charge in [-0.3, -0.25) is 9.59 Å². The predicted molar refractivity (Wildman–Crippen MR) is 140 cm³/mol. The molecule has 0 aliphatic carbocycles. The molecule has 3 aromatic rings. The van der Waals surface area contributed by atoms with Gasteiger partial charge in [-0.1, -0.05) is 44.2 Å². The van der Waals surface area contributed by atoms with Crippen molar-refractivity contribution in [1.82, 2.24) is 19.8 Å². The SMILES string of the molecule is CC(C)c1ncc(C(=O)N2CCO[C@](COc3ccc(F)cc3)(CC(=O)N(C)Cc3ccccc3)C2)cn1. The molecule has 9 heteroatoms. The van der Waals surface area contributed by atoms with E-state index < -0.39 is 5.60 Å². The smallest absolute Gasteiger partial charge is 0.257 e. The molecule has 0 saturated carbocycles. The minimum absolute atomic E-state index is 0.00406. The Morgan fingerprint density at radius 1 is 1.11 bits per heavy atom. The minimum Gasteiger partial charge on any atom is -0.490 e. The molecule has 0 spiro atoms. The van der Waals surface area contributed by atoms with Crippen LogP contribution in [0.25, 0.3) is 0 Å². The Bertz CT molecular complexity index is 1220. The molecule has 1 atom stereocenters. The molecule has 4 rings (SSSR count). The number of hydrogen-bond acceptors (Lipinski definition) is 6. The standard InChI is InChI=1S/C29H33FN4O4/c1-21(2)27-31-16-23(17-32-27)28(36)34-13-14-38-29(19-34,20-37-25-11-9-24(30)10-12-25)15-26(35)33(3)18-22-7-5-4-6-8-22/h4-12,16-17,21H,13-15,18-20H2,1-3H3/t29-/m1/s1. The molecule has 1 saturated heterocycles. The van der Waals surface area contributed by atoms with Crippen molar-refractivity contribution in [3.63, 3.8) is 0 Å². The minimum atomic E-state index is -1.09. The van der Waals surface area contributed by atoms with Crippen molar-refractivity contribution >= 4 is 11.8 Å². The number of carbonyl (C=O) groups excluding carboxylic acids is 2. The lowest BCUT2D eigenvalue weighted by molar-refractivity contribution is -0.152. The largest absolute Gasteiger partial charge is 0.490 e. The fraction of sp³-hybridized carbons (Fsp3) is 0.379. The van der Waals surface area contributed by atoms with Crippen molar-refractivity contribution in [1.29, 1.82) is 0 Å². The molecule has 1 fully saturated rings. The van der Waals surface area contributed by atoms with E-state index in [1.54, 1.807) is 16.8 Å². The normalized spacial score (nSPS) is 17.3. The third-order valence-electron chi connectivity index (χ3n) is 6.45. The average molecular weight is 521 g/mol. The number of halogens is 1. The number of nitrogens with zero attached hydrogens (tertiary/aromatic N) is 4. The van der Waals surface area contributed by atoms with Gasteiger partial charge in [0.25, 0.3) is 5.91 Å². The van der Waals surface area contributed by atoms with Gasteiger partial charge in [-0.15, -0.1) is 0 Å². The summed E-state index contributed by atoms with van der Waals surface area (Å²) in [5.74, 6) is 0.507. The molecule has 8 nitrogen and oxygen atoms in total. The van der Waals surface area contributed by atoms with Gasteiger partial charge in [0.2, 0.25) is 5.91 Å². The molecule has 200 valence electrons. The van der Waals surface area contributed by atoms with Gasteiger partial charge in [0.15, 0.2) is 0 Å². The summed E-state index contributed by atoms with van der Waals surface area (Å²) in [4.78, 5) is 38.6. The summed E-state index contributed by atoms with van der Waals surface area (Å²) in [6.45, 7) is 5.16. The molecule has 0 radical (unpaired) electrons. The highest BCUT2D eigenvalue weighted by molar-refractivity contribution is 5.93. The number of rotatable bonds is 9. The Morgan fingerprint density at radius 2 is 1.79 bits per heavy atom. The first-order chi connectivity index (χ1) is 18.2. The highest BCUT2D eigenvalue weighted by atomic mass is 19.1. The molecule has 1 aliphatic heterocycles. The number of morpholine rings is 1. The van der Waals surface area contributed by atoms with Crippen molar-refractivity contribution in [3.8, 4) is 5.75 Å². The Morgan fingerprint density at radius 3 is 2.45 bits per heavy atom. The van der Waals surface area contributed by atoms with E-state index in [0.717, 1.165) is 5.56 Å². The summed E-state index contributed by atoms with van der Waals surface area (Å²) in [6, 6.07) is 15.3. The summed E-state index contributed by atoms with van der Waals surface area (Å²) >= 11 is 0. The number of ether oxygens (including phenoxy) is 2. The van der Waals surface area contributed by atoms with E-state index in [4.69, 9.17) is 9.47 Å². The van der Waals surface area contributed by atoms with Crippen molar-refractivity contribution in [2.24, 2.45) is 0 Å². The van der Waals surface area contributed by atoms with Crippen LogP contribution in [0.5, 0.6) is 5.75 Å². The zero-order chi connectivity index (χ0) is 27.1. The van der Waals surface area contributed by atoms with Crippen LogP contribution in [0.15, 0.2) is 67.0 Å². The molecule has 38 heavy (non-hydrogen) atoms. The first-order valence-corrected chi connectivity index (χ1v) is 12.7. The molecule has 2 aromatic carbocycles. The fourth-order valence-electron chi connectivity index (χ4n) is 4.29. The van der Waals surface area contributed by atoms with E-state index >= 15 is 0 Å². The van der Waals surface area contributed by atoms with Gasteiger partial charge >= 0.3 is 0 Å². The van der Waals surface area contributed by atoms with E-state index in [0.29, 0.717) is 30.2 Å². The van der Waals surface area contributed by atoms with E-state index in [1.807, 2.05) is 44.2 Å². The molecule has 2 amide bonds. The number of hydrogen-bond donors (Lipinski definition) is 0.